The second-order valence-electron chi connectivity index (χ2n) is 10.6. The summed E-state index contributed by atoms with van der Waals surface area (Å²) in [6.45, 7) is 14.2. The molecule has 2 atom stereocenters. The number of carbonyl (C=O) groups excluding carboxylic acids is 2. The Kier molecular flexibility index (Phi) is 6.65. The zero-order valence-corrected chi connectivity index (χ0v) is 22.7. The van der Waals surface area contributed by atoms with Crippen LogP contribution in [0.25, 0.3) is 0 Å². The summed E-state index contributed by atoms with van der Waals surface area (Å²) in [6, 6.07) is 10.0. The van der Waals surface area contributed by atoms with E-state index in [-0.39, 0.29) is 40.3 Å². The van der Waals surface area contributed by atoms with Crippen LogP contribution >= 0.6 is 0 Å². The Labute approximate surface area is 213 Å². The van der Waals surface area contributed by atoms with Crippen LogP contribution in [0.15, 0.2) is 49.1 Å². The summed E-state index contributed by atoms with van der Waals surface area (Å²) in [7, 11) is -1.05. The maximum absolute atomic E-state index is 14.1. The van der Waals surface area contributed by atoms with Gasteiger partial charge in [-0.15, -0.1) is 0 Å². The first-order valence-electron chi connectivity index (χ1n) is 12.0. The Morgan fingerprint density at radius 1 is 1.22 bits per heavy atom. The minimum atomic E-state index is -2.47. The van der Waals surface area contributed by atoms with Crippen LogP contribution in [0, 0.1) is 0 Å². The molecule has 0 fully saturated rings. The van der Waals surface area contributed by atoms with Crippen LogP contribution in [0.1, 0.15) is 36.7 Å². The van der Waals surface area contributed by atoms with Crippen LogP contribution in [0.3, 0.4) is 0 Å². The number of rotatable bonds is 5. The maximum atomic E-state index is 14.1. The first kappa shape index (κ1) is 25.8. The number of para-hydroxylation sites is 1. The van der Waals surface area contributed by atoms with Gasteiger partial charge in [0, 0.05) is 11.8 Å². The molecule has 0 radical (unpaired) electrons. The lowest BCUT2D eigenvalue weighted by Crippen LogP contribution is -2.59. The van der Waals surface area contributed by atoms with Gasteiger partial charge >= 0.3 is 6.09 Å². The predicted octanol–water partition coefficient (Wildman–Crippen LogP) is 5.46. The van der Waals surface area contributed by atoms with Crippen molar-refractivity contribution in [2.45, 2.75) is 57.6 Å². The minimum Gasteiger partial charge on any atom is -0.504 e. The van der Waals surface area contributed by atoms with E-state index in [9.17, 15) is 14.7 Å². The summed E-state index contributed by atoms with van der Waals surface area (Å²) in [6.07, 6.45) is 0.446. The summed E-state index contributed by atoms with van der Waals surface area (Å²) >= 11 is 0. The molecular weight excluding hydrogens is 476 g/mol. The number of phenolic OH excluding ortho intramolecular Hbond substituents is 1. The molecule has 1 unspecified atom stereocenters. The Balaban J connectivity index is 1.98. The Bertz CT molecular complexity index is 1210. The molecule has 0 saturated carbocycles. The molecule has 2 amide bonds. The molecule has 9 heteroatoms. The van der Waals surface area contributed by atoms with Gasteiger partial charge in [0.15, 0.2) is 26.0 Å². The summed E-state index contributed by atoms with van der Waals surface area (Å²) in [4.78, 5) is 30.8. The molecule has 2 aromatic rings. The van der Waals surface area contributed by atoms with Crippen molar-refractivity contribution in [3.05, 3.63) is 60.2 Å². The summed E-state index contributed by atoms with van der Waals surface area (Å²) in [5.41, 5.74) is 2.19. The highest BCUT2D eigenvalue weighted by molar-refractivity contribution is 6.74. The highest BCUT2D eigenvalue weighted by atomic mass is 28.4. The second-order valence-corrected chi connectivity index (χ2v) is 15.4. The zero-order chi connectivity index (χ0) is 26.4. The van der Waals surface area contributed by atoms with Crippen molar-refractivity contribution in [3.63, 3.8) is 0 Å². The molecule has 0 aliphatic carbocycles. The third kappa shape index (κ3) is 4.26. The number of methoxy groups -OCH3 is 1. The van der Waals surface area contributed by atoms with Gasteiger partial charge in [-0.1, -0.05) is 51.6 Å². The van der Waals surface area contributed by atoms with Gasteiger partial charge in [0.25, 0.3) is 5.91 Å². The van der Waals surface area contributed by atoms with E-state index in [1.165, 1.54) is 30.2 Å². The average Bonchev–Trinajstić information content (AvgIpc) is 3.17. The van der Waals surface area contributed by atoms with Crippen molar-refractivity contribution in [1.29, 1.82) is 0 Å². The molecule has 4 rings (SSSR count). The minimum absolute atomic E-state index is 0.0117. The number of amides is 2. The smallest absolute Gasteiger partial charge is 0.416 e. The second kappa shape index (κ2) is 9.29. The van der Waals surface area contributed by atoms with Gasteiger partial charge in [-0.25, -0.2) is 9.69 Å². The molecule has 2 aromatic carbocycles. The Hall–Kier alpha value is -3.30. The lowest BCUT2D eigenvalue weighted by Gasteiger charge is -2.44. The summed E-state index contributed by atoms with van der Waals surface area (Å²) in [5.74, 6) is -0.366. The van der Waals surface area contributed by atoms with Crippen molar-refractivity contribution >= 4 is 31.7 Å². The molecule has 2 aliphatic heterocycles. The van der Waals surface area contributed by atoms with Gasteiger partial charge in [-0.3, -0.25) is 4.79 Å². The van der Waals surface area contributed by atoms with Crippen molar-refractivity contribution < 1.29 is 28.6 Å². The largest absolute Gasteiger partial charge is 0.504 e. The number of fused-ring (bicyclic) bond motifs is 4. The third-order valence-corrected chi connectivity index (χ3v) is 11.8. The highest BCUT2D eigenvalue weighted by Gasteiger charge is 2.52. The number of hydrogen-bond acceptors (Lipinski definition) is 6. The fourth-order valence-corrected chi connectivity index (χ4v) is 5.66. The van der Waals surface area contributed by atoms with Crippen molar-refractivity contribution in [1.82, 2.24) is 0 Å². The zero-order valence-electron chi connectivity index (χ0n) is 21.7. The Morgan fingerprint density at radius 3 is 2.56 bits per heavy atom. The van der Waals surface area contributed by atoms with E-state index >= 15 is 0 Å². The number of phenols is 1. The van der Waals surface area contributed by atoms with Crippen molar-refractivity contribution in [2.24, 2.45) is 0 Å². The van der Waals surface area contributed by atoms with Crippen molar-refractivity contribution in [3.8, 4) is 11.5 Å². The molecule has 36 heavy (non-hydrogen) atoms. The highest BCUT2D eigenvalue weighted by Crippen LogP contribution is 2.46. The van der Waals surface area contributed by atoms with Crippen LogP contribution in [-0.4, -0.2) is 51.4 Å². The summed E-state index contributed by atoms with van der Waals surface area (Å²) < 4.78 is 17.7. The normalized spacial score (nSPS) is 19.2. The molecule has 8 nitrogen and oxygen atoms in total. The van der Waals surface area contributed by atoms with E-state index in [4.69, 9.17) is 13.9 Å². The third-order valence-electron chi connectivity index (χ3n) is 7.34. The van der Waals surface area contributed by atoms with E-state index in [0.717, 1.165) is 11.3 Å². The van der Waals surface area contributed by atoms with E-state index in [0.29, 0.717) is 6.42 Å². The monoisotopic (exact) mass is 510 g/mol. The standard InChI is InChI=1S/C27H34N2O6Si/c1-8-13-34-26(32)29-20-16-22(30)23(33-5)15-18(20)24(31)28-19-12-10-9-11-17(19)14-21(28)25(29)35-36(6,7)27(2,3)4/h8-12,15-16,21,25,30H,1,13-14H2,2-7H3/t21-,25?/m0/s1. The molecule has 2 heterocycles. The molecule has 0 aromatic heterocycles. The van der Waals surface area contributed by atoms with Crippen molar-refractivity contribution in [2.75, 3.05) is 23.5 Å². The van der Waals surface area contributed by atoms with Gasteiger partial charge < -0.3 is 23.9 Å². The van der Waals surface area contributed by atoms with Crippen LogP contribution in [0.5, 0.6) is 11.5 Å². The van der Waals surface area contributed by atoms with E-state index in [1.54, 1.807) is 4.90 Å². The Morgan fingerprint density at radius 2 is 1.92 bits per heavy atom. The van der Waals surface area contributed by atoms with Gasteiger partial charge in [0.05, 0.1) is 24.4 Å². The molecular formula is C27H34N2O6Si. The van der Waals surface area contributed by atoms with E-state index < -0.39 is 26.7 Å². The van der Waals surface area contributed by atoms with E-state index in [1.807, 2.05) is 24.3 Å². The first-order chi connectivity index (χ1) is 16.9. The summed E-state index contributed by atoms with van der Waals surface area (Å²) in [5, 5.41) is 10.5. The molecule has 0 bridgehead atoms. The lowest BCUT2D eigenvalue weighted by atomic mass is 10.1. The number of anilines is 2. The predicted molar refractivity (Wildman–Crippen MR) is 141 cm³/mol. The molecule has 0 saturated heterocycles. The number of ether oxygens (including phenoxy) is 2. The number of nitrogens with zero attached hydrogens (tertiary/aromatic N) is 2. The fourth-order valence-electron chi connectivity index (χ4n) is 4.44. The quantitative estimate of drug-likeness (QED) is 0.424. The van der Waals surface area contributed by atoms with Gasteiger partial charge in [0.2, 0.25) is 0 Å². The molecule has 1 N–H and O–H groups in total. The topological polar surface area (TPSA) is 88.5 Å². The molecule has 0 spiro atoms. The van der Waals surface area contributed by atoms with Gasteiger partial charge in [0.1, 0.15) is 6.61 Å². The number of hydrogen-bond donors (Lipinski definition) is 1. The van der Waals surface area contributed by atoms with Crippen LogP contribution in [0.2, 0.25) is 18.1 Å². The number of aromatic hydroxyl groups is 1. The van der Waals surface area contributed by atoms with Gasteiger partial charge in [-0.2, -0.15) is 0 Å². The lowest BCUT2D eigenvalue weighted by molar-refractivity contribution is 0.0929. The SMILES string of the molecule is C=CCOC(=O)N1c2cc(O)c(OC)cc2C(=O)N2c3ccccc3C[C@H]2C1O[Si](C)(C)C(C)(C)C. The molecule has 2 aliphatic rings. The fraction of sp³-hybridized carbons (Fsp3) is 0.407. The number of benzene rings is 2. The van der Waals surface area contributed by atoms with E-state index in [2.05, 4.69) is 40.4 Å². The average molecular weight is 511 g/mol. The first-order valence-corrected chi connectivity index (χ1v) is 14.9. The van der Waals surface area contributed by atoms with Gasteiger partial charge in [-0.05, 0) is 42.2 Å². The van der Waals surface area contributed by atoms with Crippen LogP contribution in [-0.2, 0) is 15.6 Å². The molecule has 192 valence electrons. The maximum Gasteiger partial charge on any atom is 0.416 e. The van der Waals surface area contributed by atoms with Crippen LogP contribution in [0.4, 0.5) is 16.2 Å². The number of carbonyl (C=O) groups is 2. The van der Waals surface area contributed by atoms with Crippen LogP contribution < -0.4 is 14.5 Å².